The number of carbonyl (C=O) groups is 1. The number of nitrogens with zero attached hydrogens (tertiary/aromatic N) is 4. The zero-order valence-corrected chi connectivity index (χ0v) is 20.1. The maximum absolute atomic E-state index is 13.3. The van der Waals surface area contributed by atoms with Crippen molar-refractivity contribution in [3.05, 3.63) is 95.6 Å². The number of hydrogen-bond acceptors (Lipinski definition) is 6. The highest BCUT2D eigenvalue weighted by Crippen LogP contribution is 2.24. The standard InChI is InChI=1S/C26H23N5O3S/c1-17-12-18(2)31(30-17)22-4-3-5-24(14-22)35(33,34)23-9-6-19(7-10-23)8-11-25(32)20-13-21-16-28-29-26(21)27-15-20/h3-7,9-10,12-16H,8,11H2,1-2H3,(H,27,28,29). The fraction of sp³-hybridized carbons (Fsp3) is 0.154. The van der Waals surface area contributed by atoms with Crippen LogP contribution in [-0.2, 0) is 16.3 Å². The van der Waals surface area contributed by atoms with Crippen molar-refractivity contribution in [3.8, 4) is 5.69 Å². The lowest BCUT2D eigenvalue weighted by atomic mass is 10.0. The molecular weight excluding hydrogens is 462 g/mol. The maximum Gasteiger partial charge on any atom is 0.206 e. The third kappa shape index (κ3) is 4.50. The van der Waals surface area contributed by atoms with Gasteiger partial charge in [-0.3, -0.25) is 9.89 Å². The molecule has 9 heteroatoms. The maximum atomic E-state index is 13.3. The first-order valence-corrected chi connectivity index (χ1v) is 12.6. The minimum Gasteiger partial charge on any atom is -0.294 e. The Bertz CT molecular complexity index is 1650. The van der Waals surface area contributed by atoms with Gasteiger partial charge in [-0.25, -0.2) is 18.1 Å². The molecule has 0 amide bonds. The second-order valence-electron chi connectivity index (χ2n) is 8.44. The van der Waals surface area contributed by atoms with Gasteiger partial charge in [-0.1, -0.05) is 18.2 Å². The molecule has 5 aromatic rings. The molecule has 0 spiro atoms. The Labute approximate surface area is 202 Å². The van der Waals surface area contributed by atoms with Crippen LogP contribution in [0.2, 0.25) is 0 Å². The summed E-state index contributed by atoms with van der Waals surface area (Å²) in [5.41, 5.74) is 4.53. The summed E-state index contributed by atoms with van der Waals surface area (Å²) in [6.07, 6.45) is 3.96. The summed E-state index contributed by atoms with van der Waals surface area (Å²) >= 11 is 0. The van der Waals surface area contributed by atoms with Gasteiger partial charge in [-0.2, -0.15) is 10.2 Å². The number of benzene rings is 2. The van der Waals surface area contributed by atoms with Crippen LogP contribution < -0.4 is 0 Å². The van der Waals surface area contributed by atoms with Gasteiger partial charge in [0, 0.05) is 29.3 Å². The van der Waals surface area contributed by atoms with E-state index in [0.717, 1.165) is 22.3 Å². The van der Waals surface area contributed by atoms with E-state index in [1.54, 1.807) is 65.6 Å². The molecule has 8 nitrogen and oxygen atoms in total. The molecule has 0 aliphatic rings. The highest BCUT2D eigenvalue weighted by molar-refractivity contribution is 7.91. The van der Waals surface area contributed by atoms with Crippen LogP contribution in [-0.4, -0.2) is 39.2 Å². The van der Waals surface area contributed by atoms with E-state index in [2.05, 4.69) is 20.3 Å². The molecule has 0 unspecified atom stereocenters. The molecule has 5 rings (SSSR count). The zero-order chi connectivity index (χ0) is 24.6. The van der Waals surface area contributed by atoms with Crippen LogP contribution in [0.3, 0.4) is 0 Å². The fourth-order valence-corrected chi connectivity index (χ4v) is 5.34. The Balaban J connectivity index is 1.31. The first kappa shape index (κ1) is 22.7. The smallest absolute Gasteiger partial charge is 0.206 e. The Hall–Kier alpha value is -4.11. The van der Waals surface area contributed by atoms with Crippen molar-refractivity contribution < 1.29 is 13.2 Å². The van der Waals surface area contributed by atoms with Crippen molar-refractivity contribution in [1.82, 2.24) is 25.0 Å². The number of ketones is 1. The largest absolute Gasteiger partial charge is 0.294 e. The van der Waals surface area contributed by atoms with E-state index < -0.39 is 9.84 Å². The molecule has 1 N–H and O–H groups in total. The van der Waals surface area contributed by atoms with Gasteiger partial charge < -0.3 is 0 Å². The number of pyridine rings is 1. The molecule has 0 aliphatic carbocycles. The van der Waals surface area contributed by atoms with Gasteiger partial charge in [0.15, 0.2) is 11.4 Å². The van der Waals surface area contributed by atoms with Gasteiger partial charge in [0.1, 0.15) is 0 Å². The first-order chi connectivity index (χ1) is 16.8. The van der Waals surface area contributed by atoms with Crippen LogP contribution in [0, 0.1) is 13.8 Å². The molecule has 3 aromatic heterocycles. The van der Waals surface area contributed by atoms with Crippen molar-refractivity contribution in [2.45, 2.75) is 36.5 Å². The molecule has 3 heterocycles. The summed E-state index contributed by atoms with van der Waals surface area (Å²) in [5, 5.41) is 11.9. The van der Waals surface area contributed by atoms with Crippen molar-refractivity contribution in [2.75, 3.05) is 0 Å². The minimum atomic E-state index is -3.71. The number of aromatic amines is 1. The summed E-state index contributed by atoms with van der Waals surface area (Å²) in [5.74, 6) is -0.0294. The summed E-state index contributed by atoms with van der Waals surface area (Å²) in [7, 11) is -3.71. The number of aromatic nitrogens is 5. The fourth-order valence-electron chi connectivity index (χ4n) is 4.04. The molecule has 2 aromatic carbocycles. The Morgan fingerprint density at radius 3 is 2.51 bits per heavy atom. The highest BCUT2D eigenvalue weighted by Gasteiger charge is 2.19. The van der Waals surface area contributed by atoms with Crippen molar-refractivity contribution in [2.24, 2.45) is 0 Å². The van der Waals surface area contributed by atoms with Gasteiger partial charge in [0.05, 0.1) is 27.4 Å². The number of fused-ring (bicyclic) bond motifs is 1. The second kappa shape index (κ2) is 8.92. The normalized spacial score (nSPS) is 11.7. The molecule has 0 aliphatic heterocycles. The lowest BCUT2D eigenvalue weighted by Crippen LogP contribution is -2.05. The van der Waals surface area contributed by atoms with Crippen molar-refractivity contribution in [1.29, 1.82) is 0 Å². The number of H-pyrrole nitrogens is 1. The lowest BCUT2D eigenvalue weighted by Gasteiger charge is -2.09. The average molecular weight is 486 g/mol. The van der Waals surface area contributed by atoms with E-state index in [9.17, 15) is 13.2 Å². The van der Waals surface area contributed by atoms with Crippen LogP contribution in [0.5, 0.6) is 0 Å². The number of rotatable bonds is 7. The van der Waals surface area contributed by atoms with Crippen LogP contribution >= 0.6 is 0 Å². The topological polar surface area (TPSA) is 111 Å². The van der Waals surface area contributed by atoms with E-state index in [0.29, 0.717) is 29.7 Å². The molecule has 0 fully saturated rings. The molecule has 0 saturated carbocycles. The number of hydrogen-bond donors (Lipinski definition) is 1. The van der Waals surface area contributed by atoms with Gasteiger partial charge in [0.2, 0.25) is 9.84 Å². The van der Waals surface area contributed by atoms with Crippen LogP contribution in [0.1, 0.15) is 33.7 Å². The van der Waals surface area contributed by atoms with E-state index in [4.69, 9.17) is 0 Å². The molecule has 0 atom stereocenters. The first-order valence-electron chi connectivity index (χ1n) is 11.1. The second-order valence-corrected chi connectivity index (χ2v) is 10.4. The predicted molar refractivity (Wildman–Crippen MR) is 131 cm³/mol. The van der Waals surface area contributed by atoms with Crippen LogP contribution in [0.25, 0.3) is 16.7 Å². The molecule has 0 radical (unpaired) electrons. The molecular formula is C26H23N5O3S. The van der Waals surface area contributed by atoms with Crippen molar-refractivity contribution >= 4 is 26.7 Å². The highest BCUT2D eigenvalue weighted by atomic mass is 32.2. The van der Waals surface area contributed by atoms with E-state index >= 15 is 0 Å². The monoisotopic (exact) mass is 485 g/mol. The Kier molecular flexibility index (Phi) is 5.78. The number of nitrogens with one attached hydrogen (secondary N) is 1. The minimum absolute atomic E-state index is 0.0294. The number of sulfone groups is 1. The third-order valence-electron chi connectivity index (χ3n) is 5.87. The number of aryl methyl sites for hydroxylation is 3. The molecule has 0 saturated heterocycles. The van der Waals surface area contributed by atoms with Gasteiger partial charge in [0.25, 0.3) is 0 Å². The van der Waals surface area contributed by atoms with Crippen LogP contribution in [0.15, 0.2) is 82.8 Å². The number of carbonyl (C=O) groups excluding carboxylic acids is 1. The number of Topliss-reactive ketones (excluding diaryl/α,β-unsaturated/α-hetero) is 1. The Morgan fingerprint density at radius 1 is 0.971 bits per heavy atom. The Morgan fingerprint density at radius 2 is 1.77 bits per heavy atom. The van der Waals surface area contributed by atoms with Crippen LogP contribution in [0.4, 0.5) is 0 Å². The van der Waals surface area contributed by atoms with E-state index in [1.807, 2.05) is 26.0 Å². The van der Waals surface area contributed by atoms with Gasteiger partial charge in [-0.15, -0.1) is 0 Å². The van der Waals surface area contributed by atoms with Gasteiger partial charge in [-0.05, 0) is 68.3 Å². The van der Waals surface area contributed by atoms with E-state index in [1.165, 1.54) is 0 Å². The molecule has 0 bridgehead atoms. The quantitative estimate of drug-likeness (QED) is 0.342. The molecule has 35 heavy (non-hydrogen) atoms. The summed E-state index contributed by atoms with van der Waals surface area (Å²) < 4.78 is 28.2. The summed E-state index contributed by atoms with van der Waals surface area (Å²) in [4.78, 5) is 17.2. The average Bonchev–Trinajstić information content (AvgIpc) is 3.47. The van der Waals surface area contributed by atoms with Crippen molar-refractivity contribution in [3.63, 3.8) is 0 Å². The van der Waals surface area contributed by atoms with Gasteiger partial charge >= 0.3 is 0 Å². The molecule has 176 valence electrons. The summed E-state index contributed by atoms with van der Waals surface area (Å²) in [6.45, 7) is 3.82. The SMILES string of the molecule is Cc1cc(C)n(-c2cccc(S(=O)(=O)c3ccc(CCC(=O)c4cnc5[nH]ncc5c4)cc3)c2)n1. The van der Waals surface area contributed by atoms with E-state index in [-0.39, 0.29) is 15.6 Å². The summed E-state index contributed by atoms with van der Waals surface area (Å²) in [6, 6.07) is 17.2. The predicted octanol–water partition coefficient (Wildman–Crippen LogP) is 4.41. The lowest BCUT2D eigenvalue weighted by molar-refractivity contribution is 0.0982. The third-order valence-corrected chi connectivity index (χ3v) is 7.64. The zero-order valence-electron chi connectivity index (χ0n) is 19.3.